The maximum atomic E-state index is 12.8. The molecule has 0 atom stereocenters. The lowest BCUT2D eigenvalue weighted by atomic mass is 10.1. The number of benzene rings is 2. The van der Waals surface area contributed by atoms with Gasteiger partial charge < -0.3 is 5.32 Å². The van der Waals surface area contributed by atoms with Crippen molar-refractivity contribution in [3.8, 4) is 5.69 Å². The Labute approximate surface area is 178 Å². The molecule has 146 valence electrons. The highest BCUT2D eigenvalue weighted by molar-refractivity contribution is 6.39. The normalized spacial score (nSPS) is 11.2. The molecule has 7 heteroatoms. The summed E-state index contributed by atoms with van der Waals surface area (Å²) in [4.78, 5) is 17.4. The van der Waals surface area contributed by atoms with E-state index in [0.717, 1.165) is 11.4 Å². The number of para-hydroxylation sites is 1. The van der Waals surface area contributed by atoms with E-state index in [0.29, 0.717) is 32.3 Å². The molecule has 0 spiro atoms. The van der Waals surface area contributed by atoms with Crippen molar-refractivity contribution in [2.75, 3.05) is 5.32 Å². The minimum absolute atomic E-state index is 0.108. The van der Waals surface area contributed by atoms with Gasteiger partial charge in [0.15, 0.2) is 5.65 Å². The fourth-order valence-corrected chi connectivity index (χ4v) is 3.56. The summed E-state index contributed by atoms with van der Waals surface area (Å²) < 4.78 is 1.76. The predicted molar refractivity (Wildman–Crippen MR) is 117 cm³/mol. The number of fused-ring (bicyclic) bond motifs is 1. The zero-order chi connectivity index (χ0) is 20.5. The van der Waals surface area contributed by atoms with Crippen LogP contribution >= 0.6 is 23.2 Å². The highest BCUT2D eigenvalue weighted by Crippen LogP contribution is 2.34. The van der Waals surface area contributed by atoms with Crippen LogP contribution in [0, 0.1) is 0 Å². The minimum atomic E-state index is -0.339. The minimum Gasteiger partial charge on any atom is -0.322 e. The van der Waals surface area contributed by atoms with E-state index in [-0.39, 0.29) is 11.8 Å². The molecule has 1 amide bonds. The number of aromatic nitrogens is 3. The predicted octanol–water partition coefficient (Wildman–Crippen LogP) is 6.10. The molecule has 0 aliphatic carbocycles. The molecule has 2 aromatic carbocycles. The van der Waals surface area contributed by atoms with Gasteiger partial charge in [-0.25, -0.2) is 9.67 Å². The third-order valence-corrected chi connectivity index (χ3v) is 5.20. The first-order valence-electron chi connectivity index (χ1n) is 9.15. The molecule has 0 saturated heterocycles. The molecule has 4 aromatic rings. The second-order valence-electron chi connectivity index (χ2n) is 6.93. The van der Waals surface area contributed by atoms with Gasteiger partial charge in [-0.2, -0.15) is 5.10 Å². The van der Waals surface area contributed by atoms with E-state index < -0.39 is 0 Å². The lowest BCUT2D eigenvalue weighted by molar-refractivity contribution is 0.102. The van der Waals surface area contributed by atoms with Crippen molar-refractivity contribution < 1.29 is 4.79 Å². The number of amides is 1. The molecule has 0 saturated carbocycles. The maximum absolute atomic E-state index is 12.8. The number of carbonyl (C=O) groups is 1. The molecular formula is C22H18Cl2N4O. The molecule has 0 aliphatic heterocycles. The van der Waals surface area contributed by atoms with Crippen molar-refractivity contribution in [1.29, 1.82) is 0 Å². The Hall–Kier alpha value is -2.89. The van der Waals surface area contributed by atoms with E-state index in [2.05, 4.69) is 10.3 Å². The molecular weight excluding hydrogens is 407 g/mol. The molecule has 4 rings (SSSR count). The lowest BCUT2D eigenvalue weighted by Crippen LogP contribution is -2.13. The number of nitrogens with zero attached hydrogens (tertiary/aromatic N) is 3. The summed E-state index contributed by atoms with van der Waals surface area (Å²) >= 11 is 12.6. The quantitative estimate of drug-likeness (QED) is 0.430. The Morgan fingerprint density at radius 2 is 1.72 bits per heavy atom. The van der Waals surface area contributed by atoms with Crippen LogP contribution < -0.4 is 5.32 Å². The van der Waals surface area contributed by atoms with Crippen molar-refractivity contribution in [1.82, 2.24) is 14.8 Å². The van der Waals surface area contributed by atoms with Crippen LogP contribution in [0.1, 0.15) is 35.8 Å². The lowest BCUT2D eigenvalue weighted by Gasteiger charge is -2.09. The monoisotopic (exact) mass is 424 g/mol. The van der Waals surface area contributed by atoms with Crippen molar-refractivity contribution in [2.45, 2.75) is 19.8 Å². The molecule has 0 radical (unpaired) electrons. The van der Waals surface area contributed by atoms with E-state index in [1.54, 1.807) is 28.9 Å². The largest absolute Gasteiger partial charge is 0.322 e. The van der Waals surface area contributed by atoms with Gasteiger partial charge in [-0.15, -0.1) is 0 Å². The summed E-state index contributed by atoms with van der Waals surface area (Å²) in [6, 6.07) is 16.6. The topological polar surface area (TPSA) is 59.8 Å². The SMILES string of the molecule is CC(C)c1nn(-c2ccccc2)c2ncc(C(=O)Nc3ccc(Cl)cc3)c(Cl)c12. The Bertz CT molecular complexity index is 1190. The number of carbonyl (C=O) groups excluding carboxylic acids is 1. The molecule has 0 unspecified atom stereocenters. The molecule has 2 heterocycles. The summed E-state index contributed by atoms with van der Waals surface area (Å²) in [6.45, 7) is 4.07. The van der Waals surface area contributed by atoms with Crippen LogP contribution in [0.25, 0.3) is 16.7 Å². The smallest absolute Gasteiger partial charge is 0.258 e. The zero-order valence-electron chi connectivity index (χ0n) is 15.9. The van der Waals surface area contributed by atoms with Gasteiger partial charge in [-0.3, -0.25) is 4.79 Å². The van der Waals surface area contributed by atoms with Crippen LogP contribution in [0.5, 0.6) is 0 Å². The van der Waals surface area contributed by atoms with Crippen LogP contribution in [-0.4, -0.2) is 20.7 Å². The second kappa shape index (κ2) is 7.85. The molecule has 2 aromatic heterocycles. The number of hydrogen-bond donors (Lipinski definition) is 1. The first-order valence-corrected chi connectivity index (χ1v) is 9.90. The Kier molecular flexibility index (Phi) is 5.26. The fraction of sp³-hybridized carbons (Fsp3) is 0.136. The molecule has 5 nitrogen and oxygen atoms in total. The van der Waals surface area contributed by atoms with Gasteiger partial charge in [-0.1, -0.05) is 55.2 Å². The number of pyridine rings is 1. The number of nitrogens with one attached hydrogen (secondary N) is 1. The summed E-state index contributed by atoms with van der Waals surface area (Å²) in [5.41, 5.74) is 3.21. The van der Waals surface area contributed by atoms with Crippen LogP contribution in [0.4, 0.5) is 5.69 Å². The fourth-order valence-electron chi connectivity index (χ4n) is 3.12. The zero-order valence-corrected chi connectivity index (χ0v) is 17.4. The first kappa shape index (κ1) is 19.4. The first-order chi connectivity index (χ1) is 14.0. The molecule has 1 N–H and O–H groups in total. The van der Waals surface area contributed by atoms with Crippen molar-refractivity contribution in [2.24, 2.45) is 0 Å². The van der Waals surface area contributed by atoms with Gasteiger partial charge in [0.1, 0.15) is 0 Å². The molecule has 0 bridgehead atoms. The average molecular weight is 425 g/mol. The Morgan fingerprint density at radius 3 is 2.38 bits per heavy atom. The number of anilines is 1. The Balaban J connectivity index is 1.81. The second-order valence-corrected chi connectivity index (χ2v) is 7.75. The van der Waals surface area contributed by atoms with E-state index in [4.69, 9.17) is 28.3 Å². The van der Waals surface area contributed by atoms with Gasteiger partial charge in [0, 0.05) is 16.9 Å². The summed E-state index contributed by atoms with van der Waals surface area (Å²) in [5, 5.41) is 9.19. The van der Waals surface area contributed by atoms with Gasteiger partial charge in [0.2, 0.25) is 0 Å². The van der Waals surface area contributed by atoms with Crippen molar-refractivity contribution in [3.63, 3.8) is 0 Å². The molecule has 0 fully saturated rings. The van der Waals surface area contributed by atoms with Crippen molar-refractivity contribution >= 4 is 45.8 Å². The molecule has 29 heavy (non-hydrogen) atoms. The van der Waals surface area contributed by atoms with E-state index >= 15 is 0 Å². The van der Waals surface area contributed by atoms with Crippen LogP contribution in [0.3, 0.4) is 0 Å². The van der Waals surface area contributed by atoms with E-state index in [1.807, 2.05) is 44.2 Å². The van der Waals surface area contributed by atoms with Crippen LogP contribution in [0.2, 0.25) is 10.0 Å². The third-order valence-electron chi connectivity index (χ3n) is 4.55. The Morgan fingerprint density at radius 1 is 1.03 bits per heavy atom. The number of hydrogen-bond acceptors (Lipinski definition) is 3. The van der Waals surface area contributed by atoms with Crippen molar-refractivity contribution in [3.05, 3.63) is 82.1 Å². The maximum Gasteiger partial charge on any atom is 0.258 e. The number of rotatable bonds is 4. The van der Waals surface area contributed by atoms with Crippen LogP contribution in [0.15, 0.2) is 60.8 Å². The van der Waals surface area contributed by atoms with Crippen LogP contribution in [-0.2, 0) is 0 Å². The highest BCUT2D eigenvalue weighted by atomic mass is 35.5. The number of halogens is 2. The van der Waals surface area contributed by atoms with E-state index in [9.17, 15) is 4.79 Å². The third kappa shape index (κ3) is 3.71. The van der Waals surface area contributed by atoms with Gasteiger partial charge in [0.25, 0.3) is 5.91 Å². The standard InChI is InChI=1S/C22H18Cl2N4O/c1-13(2)20-18-19(24)17(22(29)26-15-10-8-14(23)9-11-15)12-25-21(18)28(27-20)16-6-4-3-5-7-16/h3-13H,1-2H3,(H,26,29). The highest BCUT2D eigenvalue weighted by Gasteiger charge is 2.23. The summed E-state index contributed by atoms with van der Waals surface area (Å²) in [7, 11) is 0. The van der Waals surface area contributed by atoms with E-state index in [1.165, 1.54) is 6.20 Å². The molecule has 0 aliphatic rings. The van der Waals surface area contributed by atoms with Gasteiger partial charge in [-0.05, 0) is 42.3 Å². The van der Waals surface area contributed by atoms with Gasteiger partial charge >= 0.3 is 0 Å². The van der Waals surface area contributed by atoms with Gasteiger partial charge in [0.05, 0.1) is 27.4 Å². The summed E-state index contributed by atoms with van der Waals surface area (Å²) in [5.74, 6) is -0.231. The summed E-state index contributed by atoms with van der Waals surface area (Å²) in [6.07, 6.45) is 1.49. The average Bonchev–Trinajstić information content (AvgIpc) is 3.11.